The second kappa shape index (κ2) is 4.92. The van der Waals surface area contributed by atoms with Crippen LogP contribution in [0.15, 0.2) is 16.6 Å². The van der Waals surface area contributed by atoms with Crippen LogP contribution in [0.4, 0.5) is 4.39 Å². The fourth-order valence-corrected chi connectivity index (χ4v) is 2.64. The molecule has 1 aliphatic rings. The molecule has 1 aliphatic heterocycles. The van der Waals surface area contributed by atoms with Crippen LogP contribution < -0.4 is 5.32 Å². The van der Waals surface area contributed by atoms with Crippen LogP contribution in [0.25, 0.3) is 0 Å². The number of nitrogens with one attached hydrogen (secondary N) is 1. The Morgan fingerprint density at radius 3 is 2.88 bits per heavy atom. The molecule has 0 spiro atoms. The topological polar surface area (TPSA) is 49.3 Å². The smallest absolute Gasteiger partial charge is 0.307 e. The Labute approximate surface area is 111 Å². The molecule has 2 atom stereocenters. The SMILES string of the molecule is O=C(O)C1CNC(c2c(F)ccc(Br)c2Cl)C1. The monoisotopic (exact) mass is 321 g/mol. The summed E-state index contributed by atoms with van der Waals surface area (Å²) in [6.07, 6.45) is 0.350. The lowest BCUT2D eigenvalue weighted by Gasteiger charge is -2.14. The van der Waals surface area contributed by atoms with E-state index in [2.05, 4.69) is 21.2 Å². The van der Waals surface area contributed by atoms with Gasteiger partial charge in [-0.25, -0.2) is 4.39 Å². The molecule has 0 aliphatic carbocycles. The first-order chi connectivity index (χ1) is 8.00. The summed E-state index contributed by atoms with van der Waals surface area (Å²) in [5, 5.41) is 12.2. The number of hydrogen-bond acceptors (Lipinski definition) is 2. The Morgan fingerprint density at radius 1 is 1.59 bits per heavy atom. The Balaban J connectivity index is 2.30. The number of aliphatic carboxylic acids is 1. The van der Waals surface area contributed by atoms with E-state index in [1.54, 1.807) is 0 Å². The van der Waals surface area contributed by atoms with Gasteiger partial charge in [-0.3, -0.25) is 4.79 Å². The maximum absolute atomic E-state index is 13.7. The maximum Gasteiger partial charge on any atom is 0.307 e. The second-order valence-corrected chi connectivity index (χ2v) is 5.22. The molecule has 92 valence electrons. The molecule has 0 aromatic heterocycles. The fourth-order valence-electron chi connectivity index (χ4n) is 2.01. The molecule has 1 aromatic carbocycles. The van der Waals surface area contributed by atoms with Crippen molar-refractivity contribution in [1.82, 2.24) is 5.32 Å². The third kappa shape index (κ3) is 2.46. The molecule has 1 aromatic rings. The van der Waals surface area contributed by atoms with Crippen molar-refractivity contribution in [2.75, 3.05) is 6.54 Å². The van der Waals surface area contributed by atoms with E-state index in [1.807, 2.05) is 0 Å². The van der Waals surface area contributed by atoms with E-state index in [0.29, 0.717) is 28.0 Å². The van der Waals surface area contributed by atoms with Crippen LogP contribution in [-0.2, 0) is 4.79 Å². The largest absolute Gasteiger partial charge is 0.481 e. The van der Waals surface area contributed by atoms with Crippen LogP contribution in [0.5, 0.6) is 0 Å². The third-order valence-electron chi connectivity index (χ3n) is 2.91. The zero-order valence-electron chi connectivity index (χ0n) is 8.71. The van der Waals surface area contributed by atoms with Crippen LogP contribution >= 0.6 is 27.5 Å². The summed E-state index contributed by atoms with van der Waals surface area (Å²) < 4.78 is 14.3. The molecule has 0 radical (unpaired) electrons. The average Bonchev–Trinajstić information content (AvgIpc) is 2.73. The van der Waals surface area contributed by atoms with Crippen molar-refractivity contribution < 1.29 is 14.3 Å². The van der Waals surface area contributed by atoms with Crippen LogP contribution in [0.2, 0.25) is 5.02 Å². The molecule has 3 nitrogen and oxygen atoms in total. The van der Waals surface area contributed by atoms with Gasteiger partial charge < -0.3 is 10.4 Å². The van der Waals surface area contributed by atoms with Crippen molar-refractivity contribution in [2.24, 2.45) is 5.92 Å². The van der Waals surface area contributed by atoms with Crippen LogP contribution in [-0.4, -0.2) is 17.6 Å². The maximum atomic E-state index is 13.7. The predicted octanol–water partition coefficient (Wildman–Crippen LogP) is 2.98. The van der Waals surface area contributed by atoms with Gasteiger partial charge >= 0.3 is 5.97 Å². The summed E-state index contributed by atoms with van der Waals surface area (Å²) in [4.78, 5) is 10.8. The first kappa shape index (κ1) is 12.8. The molecule has 0 amide bonds. The van der Waals surface area contributed by atoms with Crippen LogP contribution in [0.3, 0.4) is 0 Å². The zero-order valence-corrected chi connectivity index (χ0v) is 11.1. The van der Waals surface area contributed by atoms with Gasteiger partial charge in [0.15, 0.2) is 0 Å². The van der Waals surface area contributed by atoms with E-state index in [0.717, 1.165) is 0 Å². The minimum absolute atomic E-state index is 0.300. The summed E-state index contributed by atoms with van der Waals surface area (Å²) in [6, 6.07) is 2.51. The summed E-state index contributed by atoms with van der Waals surface area (Å²) in [6.45, 7) is 0.336. The first-order valence-electron chi connectivity index (χ1n) is 5.10. The van der Waals surface area contributed by atoms with Crippen molar-refractivity contribution in [3.63, 3.8) is 0 Å². The van der Waals surface area contributed by atoms with Crippen LogP contribution in [0, 0.1) is 11.7 Å². The third-order valence-corrected chi connectivity index (χ3v) is 4.20. The van der Waals surface area contributed by atoms with E-state index >= 15 is 0 Å². The number of carbonyl (C=O) groups is 1. The highest BCUT2D eigenvalue weighted by molar-refractivity contribution is 9.10. The molecule has 0 bridgehead atoms. The Bertz CT molecular complexity index is 469. The molecular weight excluding hydrogens is 312 g/mol. The summed E-state index contributed by atoms with van der Waals surface area (Å²) in [5.41, 5.74) is 0.338. The summed E-state index contributed by atoms with van der Waals surface area (Å²) >= 11 is 9.26. The van der Waals surface area contributed by atoms with Gasteiger partial charge in [-0.2, -0.15) is 0 Å². The van der Waals surface area contributed by atoms with E-state index in [9.17, 15) is 9.18 Å². The lowest BCUT2D eigenvalue weighted by Crippen LogP contribution is -2.18. The van der Waals surface area contributed by atoms with E-state index < -0.39 is 17.7 Å². The van der Waals surface area contributed by atoms with Gasteiger partial charge in [0.2, 0.25) is 0 Å². The predicted molar refractivity (Wildman–Crippen MR) is 65.6 cm³/mol. The minimum Gasteiger partial charge on any atom is -0.481 e. The van der Waals surface area contributed by atoms with Crippen molar-refractivity contribution in [3.8, 4) is 0 Å². The highest BCUT2D eigenvalue weighted by atomic mass is 79.9. The molecule has 1 fully saturated rings. The van der Waals surface area contributed by atoms with Gasteiger partial charge in [-0.1, -0.05) is 11.6 Å². The van der Waals surface area contributed by atoms with Gasteiger partial charge in [0.1, 0.15) is 5.82 Å². The first-order valence-corrected chi connectivity index (χ1v) is 6.27. The molecule has 6 heteroatoms. The fraction of sp³-hybridized carbons (Fsp3) is 0.364. The second-order valence-electron chi connectivity index (χ2n) is 3.99. The molecule has 2 N–H and O–H groups in total. The lowest BCUT2D eigenvalue weighted by atomic mass is 10.00. The van der Waals surface area contributed by atoms with Crippen molar-refractivity contribution in [1.29, 1.82) is 0 Å². The quantitative estimate of drug-likeness (QED) is 0.823. The van der Waals surface area contributed by atoms with Gasteiger partial charge in [0.05, 0.1) is 10.9 Å². The highest BCUT2D eigenvalue weighted by Gasteiger charge is 2.33. The molecule has 2 rings (SSSR count). The Kier molecular flexibility index (Phi) is 3.70. The van der Waals surface area contributed by atoms with Crippen LogP contribution in [0.1, 0.15) is 18.0 Å². The number of benzene rings is 1. The highest BCUT2D eigenvalue weighted by Crippen LogP contribution is 2.37. The lowest BCUT2D eigenvalue weighted by molar-refractivity contribution is -0.141. The summed E-state index contributed by atoms with van der Waals surface area (Å²) in [5.74, 6) is -1.78. The Morgan fingerprint density at radius 2 is 2.29 bits per heavy atom. The number of rotatable bonds is 2. The number of halogens is 3. The summed E-state index contributed by atoms with van der Waals surface area (Å²) in [7, 11) is 0. The number of carboxylic acid groups (broad SMARTS) is 1. The Hall–Kier alpha value is -0.650. The van der Waals surface area contributed by atoms with Crippen molar-refractivity contribution in [3.05, 3.63) is 33.0 Å². The number of hydrogen-bond donors (Lipinski definition) is 2. The van der Waals surface area contributed by atoms with E-state index in [-0.39, 0.29) is 6.04 Å². The van der Waals surface area contributed by atoms with Gasteiger partial charge in [0.25, 0.3) is 0 Å². The molecule has 17 heavy (non-hydrogen) atoms. The van der Waals surface area contributed by atoms with Gasteiger partial charge in [0, 0.05) is 22.6 Å². The van der Waals surface area contributed by atoms with Crippen molar-refractivity contribution >= 4 is 33.5 Å². The van der Waals surface area contributed by atoms with Gasteiger partial charge in [-0.05, 0) is 34.5 Å². The number of carboxylic acids is 1. The molecule has 1 saturated heterocycles. The molecule has 1 heterocycles. The normalized spacial score (nSPS) is 23.9. The molecular formula is C11H10BrClFNO2. The van der Waals surface area contributed by atoms with E-state index in [4.69, 9.17) is 16.7 Å². The standard InChI is InChI=1S/C11H10BrClFNO2/c12-6-1-2-7(14)9(10(6)13)8-3-5(4-15-8)11(16)17/h1-2,5,8,15H,3-4H2,(H,16,17). The van der Waals surface area contributed by atoms with Crippen molar-refractivity contribution in [2.45, 2.75) is 12.5 Å². The van der Waals surface area contributed by atoms with E-state index in [1.165, 1.54) is 12.1 Å². The zero-order chi connectivity index (χ0) is 12.6. The van der Waals surface area contributed by atoms with Gasteiger partial charge in [-0.15, -0.1) is 0 Å². The minimum atomic E-state index is -0.869. The molecule has 2 unspecified atom stereocenters. The molecule has 0 saturated carbocycles. The average molecular weight is 323 g/mol.